The number of methoxy groups -OCH3 is 2. The van der Waals surface area contributed by atoms with Crippen LogP contribution in [0.4, 0.5) is 0 Å². The summed E-state index contributed by atoms with van der Waals surface area (Å²) in [4.78, 5) is 12.0. The number of benzene rings is 2. The smallest absolute Gasteiger partial charge is 0.168 e. The second-order valence-electron chi connectivity index (χ2n) is 5.51. The molecule has 0 saturated heterocycles. The van der Waals surface area contributed by atoms with Gasteiger partial charge in [0.15, 0.2) is 5.78 Å². The summed E-state index contributed by atoms with van der Waals surface area (Å²) in [5.41, 5.74) is 1.46. The maximum Gasteiger partial charge on any atom is 0.168 e. The van der Waals surface area contributed by atoms with E-state index in [-0.39, 0.29) is 18.2 Å². The molecular formula is C19H24ClNO4. The Balaban J connectivity index is 0.00000312. The van der Waals surface area contributed by atoms with Crippen LogP contribution in [0.1, 0.15) is 28.4 Å². The molecule has 3 N–H and O–H groups in total. The third kappa shape index (κ3) is 6.38. The van der Waals surface area contributed by atoms with Gasteiger partial charge in [0.2, 0.25) is 0 Å². The number of carbonyl (C=O) groups is 1. The molecule has 0 bridgehead atoms. The number of ketones is 1. The highest BCUT2D eigenvalue weighted by Gasteiger charge is 2.13. The Morgan fingerprint density at radius 2 is 1.68 bits per heavy atom. The van der Waals surface area contributed by atoms with Crippen LogP contribution in [0.5, 0.6) is 11.5 Å². The minimum absolute atomic E-state index is 0. The predicted molar refractivity (Wildman–Crippen MR) is 91.6 cm³/mol. The van der Waals surface area contributed by atoms with Crippen molar-refractivity contribution in [2.24, 2.45) is 0 Å². The molecule has 25 heavy (non-hydrogen) atoms. The summed E-state index contributed by atoms with van der Waals surface area (Å²) in [6.45, 7) is 1.10. The summed E-state index contributed by atoms with van der Waals surface area (Å²) < 4.78 is 10.4. The molecule has 1 unspecified atom stereocenters. The molecule has 0 fully saturated rings. The van der Waals surface area contributed by atoms with Crippen LogP contribution < -0.4 is 27.2 Å². The van der Waals surface area contributed by atoms with Crippen molar-refractivity contribution in [1.29, 1.82) is 0 Å². The van der Waals surface area contributed by atoms with Gasteiger partial charge in [-0.15, -0.1) is 0 Å². The molecule has 0 aliphatic heterocycles. The van der Waals surface area contributed by atoms with Gasteiger partial charge < -0.3 is 32.3 Å². The summed E-state index contributed by atoms with van der Waals surface area (Å²) in [6.07, 6.45) is -0.209. The van der Waals surface area contributed by atoms with Crippen molar-refractivity contribution in [1.82, 2.24) is 0 Å². The average molecular weight is 366 g/mol. The zero-order valence-corrected chi connectivity index (χ0v) is 15.2. The highest BCUT2D eigenvalue weighted by molar-refractivity contribution is 5.95. The maximum atomic E-state index is 12.0. The molecule has 0 heterocycles. The molecule has 1 atom stereocenters. The van der Waals surface area contributed by atoms with E-state index >= 15 is 0 Å². The number of halogens is 1. The number of hydrogen-bond donors (Lipinski definition) is 2. The SMILES string of the molecule is COc1cc(OC)cc(C(O)C[NH2+]CCC(=O)c2ccccc2)c1.[Cl-]. The standard InChI is InChI=1S/C19H23NO4.ClH/c1-23-16-10-15(11-17(12-16)24-2)19(22)13-20-9-8-18(21)14-6-4-3-5-7-14;/h3-7,10-12,19-20,22H,8-9,13H2,1-2H3;1H. The van der Waals surface area contributed by atoms with Gasteiger partial charge in [-0.05, 0) is 17.7 Å². The Morgan fingerprint density at radius 3 is 2.24 bits per heavy atom. The number of quaternary nitrogens is 1. The largest absolute Gasteiger partial charge is 1.00 e. The number of aliphatic hydroxyl groups is 1. The van der Waals surface area contributed by atoms with Gasteiger partial charge in [0.1, 0.15) is 24.1 Å². The third-order valence-electron chi connectivity index (χ3n) is 3.82. The van der Waals surface area contributed by atoms with Crippen LogP contribution >= 0.6 is 0 Å². The Bertz CT molecular complexity index is 641. The van der Waals surface area contributed by atoms with Gasteiger partial charge in [-0.1, -0.05) is 30.3 Å². The Hall–Kier alpha value is -2.08. The van der Waals surface area contributed by atoms with Gasteiger partial charge in [0, 0.05) is 11.6 Å². The first kappa shape index (κ1) is 21.0. The van der Waals surface area contributed by atoms with Crippen molar-refractivity contribution in [3.05, 3.63) is 59.7 Å². The van der Waals surface area contributed by atoms with Crippen LogP contribution in [0.15, 0.2) is 48.5 Å². The van der Waals surface area contributed by atoms with E-state index < -0.39 is 6.10 Å². The molecule has 0 saturated carbocycles. The molecule has 136 valence electrons. The van der Waals surface area contributed by atoms with Crippen molar-refractivity contribution < 1.29 is 37.1 Å². The van der Waals surface area contributed by atoms with Crippen LogP contribution in [-0.4, -0.2) is 38.2 Å². The van der Waals surface area contributed by atoms with E-state index in [4.69, 9.17) is 9.47 Å². The highest BCUT2D eigenvalue weighted by Crippen LogP contribution is 2.25. The fourth-order valence-electron chi connectivity index (χ4n) is 2.44. The Kier molecular flexibility index (Phi) is 8.99. The zero-order chi connectivity index (χ0) is 17.4. The summed E-state index contributed by atoms with van der Waals surface area (Å²) in [7, 11) is 3.15. The average Bonchev–Trinajstić information content (AvgIpc) is 2.64. The summed E-state index contributed by atoms with van der Waals surface area (Å²) in [5.74, 6) is 1.40. The van der Waals surface area contributed by atoms with Gasteiger partial charge in [-0.2, -0.15) is 0 Å². The fourth-order valence-corrected chi connectivity index (χ4v) is 2.44. The Labute approximate surface area is 154 Å². The predicted octanol–water partition coefficient (Wildman–Crippen LogP) is -1.42. The van der Waals surface area contributed by atoms with Gasteiger partial charge >= 0.3 is 0 Å². The van der Waals surface area contributed by atoms with E-state index in [0.717, 1.165) is 11.1 Å². The van der Waals surface area contributed by atoms with E-state index in [1.54, 1.807) is 32.4 Å². The number of nitrogens with two attached hydrogens (primary N) is 1. The number of aliphatic hydroxyl groups excluding tert-OH is 1. The van der Waals surface area contributed by atoms with E-state index in [2.05, 4.69) is 0 Å². The summed E-state index contributed by atoms with van der Waals surface area (Å²) in [6, 6.07) is 14.6. The molecule has 0 spiro atoms. The monoisotopic (exact) mass is 365 g/mol. The number of Topliss-reactive ketones (excluding diaryl/α,β-unsaturated/α-hetero) is 1. The van der Waals surface area contributed by atoms with Gasteiger partial charge in [0.25, 0.3) is 0 Å². The molecule has 2 aromatic carbocycles. The number of carbonyl (C=O) groups excluding carboxylic acids is 1. The van der Waals surface area contributed by atoms with Crippen molar-refractivity contribution >= 4 is 5.78 Å². The first-order valence-corrected chi connectivity index (χ1v) is 7.95. The molecule has 0 aliphatic carbocycles. The van der Waals surface area contributed by atoms with E-state index in [1.165, 1.54) is 0 Å². The molecule has 2 rings (SSSR count). The van der Waals surface area contributed by atoms with Crippen LogP contribution in [0, 0.1) is 0 Å². The van der Waals surface area contributed by atoms with Crippen LogP contribution in [-0.2, 0) is 0 Å². The number of rotatable bonds is 9. The first-order valence-electron chi connectivity index (χ1n) is 7.95. The Morgan fingerprint density at radius 1 is 1.08 bits per heavy atom. The van der Waals surface area contributed by atoms with Crippen molar-refractivity contribution in [2.45, 2.75) is 12.5 Å². The fraction of sp³-hybridized carbons (Fsp3) is 0.316. The first-order chi connectivity index (χ1) is 11.6. The maximum absolute atomic E-state index is 12.0. The topological polar surface area (TPSA) is 72.4 Å². The summed E-state index contributed by atoms with van der Waals surface area (Å²) in [5, 5.41) is 12.3. The van der Waals surface area contributed by atoms with Crippen molar-refractivity contribution in [3.63, 3.8) is 0 Å². The van der Waals surface area contributed by atoms with Crippen LogP contribution in [0.25, 0.3) is 0 Å². The number of ether oxygens (including phenoxy) is 2. The minimum Gasteiger partial charge on any atom is -1.00 e. The lowest BCUT2D eigenvalue weighted by molar-refractivity contribution is -0.660. The molecule has 0 radical (unpaired) electrons. The molecule has 0 aromatic heterocycles. The van der Waals surface area contributed by atoms with Gasteiger partial charge in [-0.25, -0.2) is 0 Å². The lowest BCUT2D eigenvalue weighted by atomic mass is 10.1. The van der Waals surface area contributed by atoms with Gasteiger partial charge in [-0.3, -0.25) is 4.79 Å². The molecule has 6 heteroatoms. The normalized spacial score (nSPS) is 11.3. The second-order valence-corrected chi connectivity index (χ2v) is 5.51. The second kappa shape index (κ2) is 10.7. The van der Waals surface area contributed by atoms with E-state index in [1.807, 2.05) is 35.6 Å². The summed E-state index contributed by atoms with van der Waals surface area (Å²) >= 11 is 0. The van der Waals surface area contributed by atoms with Crippen molar-refractivity contribution in [3.8, 4) is 11.5 Å². The van der Waals surface area contributed by atoms with Crippen LogP contribution in [0.3, 0.4) is 0 Å². The van der Waals surface area contributed by atoms with E-state index in [9.17, 15) is 9.90 Å². The van der Waals surface area contributed by atoms with Crippen LogP contribution in [0.2, 0.25) is 0 Å². The molecule has 5 nitrogen and oxygen atoms in total. The molecule has 2 aromatic rings. The molecule has 0 aliphatic rings. The highest BCUT2D eigenvalue weighted by atomic mass is 35.5. The van der Waals surface area contributed by atoms with Crippen molar-refractivity contribution in [2.75, 3.05) is 27.3 Å². The zero-order valence-electron chi connectivity index (χ0n) is 14.4. The van der Waals surface area contributed by atoms with E-state index in [0.29, 0.717) is 31.0 Å². The van der Waals surface area contributed by atoms with Gasteiger partial charge in [0.05, 0.1) is 27.2 Å². The third-order valence-corrected chi connectivity index (χ3v) is 3.82. The lowest BCUT2D eigenvalue weighted by Crippen LogP contribution is -3.00. The quantitative estimate of drug-likeness (QED) is 0.422. The molecule has 0 amide bonds. The molecular weight excluding hydrogens is 342 g/mol. The lowest BCUT2D eigenvalue weighted by Gasteiger charge is -2.13. The number of hydrogen-bond acceptors (Lipinski definition) is 4. The minimum atomic E-state index is -0.652.